The highest BCUT2D eigenvalue weighted by molar-refractivity contribution is 6.53. The summed E-state index contributed by atoms with van der Waals surface area (Å²) in [5.74, 6) is -0.763. The number of aliphatic hydroxyl groups excluding tert-OH is 1. The smallest absolute Gasteiger partial charge is 0.253 e. The van der Waals surface area contributed by atoms with E-state index in [9.17, 15) is 19.1 Å². The topological polar surface area (TPSA) is 78.4 Å². The fourth-order valence-electron chi connectivity index (χ4n) is 2.53. The van der Waals surface area contributed by atoms with Crippen LogP contribution in [-0.4, -0.2) is 35.0 Å². The molecular weight excluding hydrogens is 394 g/mol. The molecule has 2 rings (SSSR count). The van der Waals surface area contributed by atoms with E-state index in [0.717, 1.165) is 16.7 Å². The SMILES string of the molecule is O=CNCc1ccc(-c2ccc([C@@H](O)[C@@H](CF)NC(=O)C(Cl)Cl)cc2)cc1. The van der Waals surface area contributed by atoms with E-state index in [0.29, 0.717) is 18.5 Å². The number of hydrogen-bond donors (Lipinski definition) is 3. The summed E-state index contributed by atoms with van der Waals surface area (Å²) in [6.07, 6.45) is -0.595. The lowest BCUT2D eigenvalue weighted by atomic mass is 9.98. The summed E-state index contributed by atoms with van der Waals surface area (Å²) in [4.78, 5) is 20.5. The molecule has 2 aromatic carbocycles. The predicted molar refractivity (Wildman–Crippen MR) is 103 cm³/mol. The molecule has 0 aliphatic rings. The van der Waals surface area contributed by atoms with Gasteiger partial charge >= 0.3 is 0 Å². The van der Waals surface area contributed by atoms with Crippen molar-refractivity contribution in [3.05, 3.63) is 59.7 Å². The third-order valence-corrected chi connectivity index (χ3v) is 4.40. The molecule has 0 fully saturated rings. The third kappa shape index (κ3) is 5.92. The van der Waals surface area contributed by atoms with Gasteiger partial charge in [-0.2, -0.15) is 0 Å². The maximum absolute atomic E-state index is 13.2. The lowest BCUT2D eigenvalue weighted by molar-refractivity contribution is -0.121. The molecule has 0 aliphatic carbocycles. The van der Waals surface area contributed by atoms with Crippen LogP contribution in [0, 0.1) is 0 Å². The zero-order valence-corrected chi connectivity index (χ0v) is 15.8. The first-order valence-corrected chi connectivity index (χ1v) is 9.02. The van der Waals surface area contributed by atoms with Gasteiger partial charge in [0.25, 0.3) is 5.91 Å². The summed E-state index contributed by atoms with van der Waals surface area (Å²) in [5, 5.41) is 15.2. The second-order valence-corrected chi connectivity index (χ2v) is 6.93. The van der Waals surface area contributed by atoms with E-state index in [4.69, 9.17) is 23.2 Å². The molecule has 0 unspecified atom stereocenters. The minimum absolute atomic E-state index is 0.453. The van der Waals surface area contributed by atoms with Crippen LogP contribution in [0.15, 0.2) is 48.5 Å². The number of carbonyl (C=O) groups is 2. The maximum Gasteiger partial charge on any atom is 0.253 e. The number of halogens is 3. The molecule has 0 bridgehead atoms. The van der Waals surface area contributed by atoms with Gasteiger partial charge in [0.2, 0.25) is 6.41 Å². The first-order chi connectivity index (χ1) is 13.0. The van der Waals surface area contributed by atoms with Crippen LogP contribution in [0.3, 0.4) is 0 Å². The van der Waals surface area contributed by atoms with E-state index < -0.39 is 29.6 Å². The molecule has 5 nitrogen and oxygen atoms in total. The van der Waals surface area contributed by atoms with Crippen molar-refractivity contribution in [2.24, 2.45) is 0 Å². The Bertz CT molecular complexity index is 755. The van der Waals surface area contributed by atoms with Crippen molar-refractivity contribution in [3.8, 4) is 11.1 Å². The highest BCUT2D eigenvalue weighted by atomic mass is 35.5. The Hall–Kier alpha value is -2.15. The predicted octanol–water partition coefficient (Wildman–Crippen LogP) is 2.89. The van der Waals surface area contributed by atoms with E-state index in [1.54, 1.807) is 24.3 Å². The Kier molecular flexibility index (Phi) is 8.03. The lowest BCUT2D eigenvalue weighted by Gasteiger charge is -2.22. The number of carbonyl (C=O) groups excluding carboxylic acids is 2. The zero-order valence-electron chi connectivity index (χ0n) is 14.2. The van der Waals surface area contributed by atoms with Gasteiger partial charge < -0.3 is 15.7 Å². The molecule has 0 aromatic heterocycles. The van der Waals surface area contributed by atoms with E-state index in [1.807, 2.05) is 24.3 Å². The average Bonchev–Trinajstić information content (AvgIpc) is 2.70. The van der Waals surface area contributed by atoms with Crippen LogP contribution < -0.4 is 10.6 Å². The summed E-state index contributed by atoms with van der Waals surface area (Å²) in [7, 11) is 0. The average molecular weight is 413 g/mol. The molecule has 3 N–H and O–H groups in total. The van der Waals surface area contributed by atoms with Crippen molar-refractivity contribution in [3.63, 3.8) is 0 Å². The lowest BCUT2D eigenvalue weighted by Crippen LogP contribution is -2.43. The van der Waals surface area contributed by atoms with Gasteiger partial charge in [0.1, 0.15) is 12.8 Å². The summed E-state index contributed by atoms with van der Waals surface area (Å²) < 4.78 is 13.2. The molecule has 0 saturated carbocycles. The Morgan fingerprint density at radius 3 is 2.11 bits per heavy atom. The molecule has 2 atom stereocenters. The fraction of sp³-hybridized carbons (Fsp3) is 0.263. The maximum atomic E-state index is 13.2. The highest BCUT2D eigenvalue weighted by Gasteiger charge is 2.25. The Morgan fingerprint density at radius 2 is 1.63 bits per heavy atom. The molecular formula is C19H19Cl2FN2O3. The molecule has 2 amide bonds. The number of nitrogens with one attached hydrogen (secondary N) is 2. The Labute approximate surface area is 166 Å². The number of rotatable bonds is 9. The number of benzene rings is 2. The van der Waals surface area contributed by atoms with Gasteiger partial charge in [0.05, 0.1) is 6.04 Å². The van der Waals surface area contributed by atoms with Crippen LogP contribution in [0.4, 0.5) is 4.39 Å². The van der Waals surface area contributed by atoms with Crippen LogP contribution in [0.5, 0.6) is 0 Å². The van der Waals surface area contributed by atoms with Crippen molar-refractivity contribution in [1.82, 2.24) is 10.6 Å². The summed E-state index contributed by atoms with van der Waals surface area (Å²) in [6.45, 7) is -0.512. The number of hydrogen-bond acceptors (Lipinski definition) is 3. The van der Waals surface area contributed by atoms with Crippen LogP contribution in [0.25, 0.3) is 11.1 Å². The summed E-state index contributed by atoms with van der Waals surface area (Å²) in [6, 6.07) is 13.4. The molecule has 0 spiro atoms. The molecule has 0 saturated heterocycles. The second-order valence-electron chi connectivity index (χ2n) is 5.83. The number of amides is 2. The molecule has 27 heavy (non-hydrogen) atoms. The van der Waals surface area contributed by atoms with E-state index in [-0.39, 0.29) is 0 Å². The monoisotopic (exact) mass is 412 g/mol. The summed E-state index contributed by atoms with van der Waals surface area (Å²) >= 11 is 10.9. The van der Waals surface area contributed by atoms with Crippen LogP contribution in [0.2, 0.25) is 0 Å². The van der Waals surface area contributed by atoms with Crippen molar-refractivity contribution < 1.29 is 19.1 Å². The van der Waals surface area contributed by atoms with E-state index in [1.165, 1.54) is 0 Å². The molecule has 8 heteroatoms. The van der Waals surface area contributed by atoms with Crippen LogP contribution >= 0.6 is 23.2 Å². The van der Waals surface area contributed by atoms with E-state index in [2.05, 4.69) is 10.6 Å². The first-order valence-electron chi connectivity index (χ1n) is 8.15. The quantitative estimate of drug-likeness (QED) is 0.437. The van der Waals surface area contributed by atoms with Gasteiger partial charge in [-0.3, -0.25) is 9.59 Å². The van der Waals surface area contributed by atoms with Crippen molar-refractivity contribution >= 4 is 35.5 Å². The Balaban J connectivity index is 2.09. The Morgan fingerprint density at radius 1 is 1.07 bits per heavy atom. The fourth-order valence-corrected chi connectivity index (χ4v) is 2.65. The van der Waals surface area contributed by atoms with Gasteiger partial charge in [-0.15, -0.1) is 0 Å². The zero-order chi connectivity index (χ0) is 19.8. The van der Waals surface area contributed by atoms with Gasteiger partial charge in [0, 0.05) is 6.54 Å². The third-order valence-electron chi connectivity index (χ3n) is 4.00. The second kappa shape index (κ2) is 10.3. The molecule has 144 valence electrons. The van der Waals surface area contributed by atoms with Gasteiger partial charge in [-0.05, 0) is 22.3 Å². The van der Waals surface area contributed by atoms with Gasteiger partial charge in [0.15, 0.2) is 4.84 Å². The first kappa shape index (κ1) is 21.2. The van der Waals surface area contributed by atoms with Crippen molar-refractivity contribution in [1.29, 1.82) is 0 Å². The normalized spacial score (nSPS) is 13.1. The standard InChI is InChI=1S/C19H19Cl2FN2O3/c20-18(21)19(27)24-16(9-22)17(26)15-7-5-14(6-8-15)13-3-1-12(2-4-13)10-23-11-25/h1-8,11,16-18,26H,9-10H2,(H,23,25)(H,24,27)/t16-,17-/m1/s1. The molecule has 0 aliphatic heterocycles. The number of alkyl halides is 3. The van der Waals surface area contributed by atoms with Crippen LogP contribution in [-0.2, 0) is 16.1 Å². The molecule has 0 radical (unpaired) electrons. The van der Waals surface area contributed by atoms with Gasteiger partial charge in [-0.1, -0.05) is 71.7 Å². The molecule has 0 heterocycles. The molecule has 2 aromatic rings. The minimum Gasteiger partial charge on any atom is -0.386 e. The minimum atomic E-state index is -1.33. The highest BCUT2D eigenvalue weighted by Crippen LogP contribution is 2.24. The van der Waals surface area contributed by atoms with E-state index >= 15 is 0 Å². The van der Waals surface area contributed by atoms with Crippen molar-refractivity contribution in [2.75, 3.05) is 6.67 Å². The van der Waals surface area contributed by atoms with Crippen molar-refractivity contribution in [2.45, 2.75) is 23.5 Å². The number of aliphatic hydroxyl groups is 1. The van der Waals surface area contributed by atoms with Gasteiger partial charge in [-0.25, -0.2) is 4.39 Å². The largest absolute Gasteiger partial charge is 0.386 e. The van der Waals surface area contributed by atoms with Crippen LogP contribution in [0.1, 0.15) is 17.2 Å². The summed E-state index contributed by atoms with van der Waals surface area (Å²) in [5.41, 5.74) is 3.28.